The highest BCUT2D eigenvalue weighted by Crippen LogP contribution is 2.37. The van der Waals surface area contributed by atoms with E-state index in [4.69, 9.17) is 15.2 Å². The molecule has 1 aromatic heterocycles. The Morgan fingerprint density at radius 3 is 2.80 bits per heavy atom. The lowest BCUT2D eigenvalue weighted by Crippen LogP contribution is -2.13. The fourth-order valence-electron chi connectivity index (χ4n) is 2.11. The summed E-state index contributed by atoms with van der Waals surface area (Å²) in [4.78, 5) is 15.5. The standard InChI is InChI=1S/C14H14N2O3S/c1-2-8-3-9-4-11-12(19-7-18-11)5-10(9)16-14(8)20-6-13(15)17/h3-5H,2,6-7H2,1H3,(H2,15,17). The van der Waals surface area contributed by atoms with Gasteiger partial charge in [0.25, 0.3) is 0 Å². The van der Waals surface area contributed by atoms with Crippen molar-refractivity contribution in [3.05, 3.63) is 23.8 Å². The molecule has 1 aliphatic heterocycles. The molecule has 1 amide bonds. The van der Waals surface area contributed by atoms with Crippen LogP contribution in [0.5, 0.6) is 11.5 Å². The molecule has 0 radical (unpaired) electrons. The molecule has 0 unspecified atom stereocenters. The molecule has 6 heteroatoms. The van der Waals surface area contributed by atoms with Gasteiger partial charge in [-0.2, -0.15) is 0 Å². The van der Waals surface area contributed by atoms with Crippen molar-refractivity contribution in [2.75, 3.05) is 12.5 Å². The first kappa shape index (κ1) is 13.1. The van der Waals surface area contributed by atoms with Crippen molar-refractivity contribution >= 4 is 28.6 Å². The number of carbonyl (C=O) groups excluding carboxylic acids is 1. The van der Waals surface area contributed by atoms with Crippen molar-refractivity contribution < 1.29 is 14.3 Å². The van der Waals surface area contributed by atoms with E-state index in [9.17, 15) is 4.79 Å². The SMILES string of the molecule is CCc1cc2cc3c(cc2nc1SCC(N)=O)OCO3. The first-order valence-corrected chi connectivity index (χ1v) is 7.30. The highest BCUT2D eigenvalue weighted by molar-refractivity contribution is 7.99. The Balaban J connectivity index is 2.06. The van der Waals surface area contributed by atoms with Crippen molar-refractivity contribution in [2.24, 2.45) is 5.73 Å². The summed E-state index contributed by atoms with van der Waals surface area (Å²) in [5.41, 5.74) is 7.13. The summed E-state index contributed by atoms with van der Waals surface area (Å²) < 4.78 is 10.7. The number of aryl methyl sites for hydroxylation is 1. The quantitative estimate of drug-likeness (QED) is 0.873. The maximum atomic E-state index is 10.9. The summed E-state index contributed by atoms with van der Waals surface area (Å²) in [6.07, 6.45) is 0.846. The summed E-state index contributed by atoms with van der Waals surface area (Å²) in [6.45, 7) is 2.31. The zero-order valence-electron chi connectivity index (χ0n) is 11.0. The van der Waals surface area contributed by atoms with E-state index in [0.29, 0.717) is 5.75 Å². The van der Waals surface area contributed by atoms with E-state index in [1.54, 1.807) is 0 Å². The zero-order chi connectivity index (χ0) is 14.1. The molecule has 20 heavy (non-hydrogen) atoms. The number of fused-ring (bicyclic) bond motifs is 2. The minimum absolute atomic E-state index is 0.232. The van der Waals surface area contributed by atoms with Crippen LogP contribution in [0.3, 0.4) is 0 Å². The van der Waals surface area contributed by atoms with Crippen LogP contribution in [0, 0.1) is 0 Å². The van der Waals surface area contributed by atoms with Gasteiger partial charge in [-0.15, -0.1) is 0 Å². The lowest BCUT2D eigenvalue weighted by atomic mass is 10.1. The van der Waals surface area contributed by atoms with Gasteiger partial charge in [0.2, 0.25) is 12.7 Å². The first-order chi connectivity index (χ1) is 9.67. The summed E-state index contributed by atoms with van der Waals surface area (Å²) in [7, 11) is 0. The predicted molar refractivity (Wildman–Crippen MR) is 77.2 cm³/mol. The molecule has 1 aromatic carbocycles. The predicted octanol–water partition coefficient (Wildman–Crippen LogP) is 2.10. The molecule has 5 nitrogen and oxygen atoms in total. The highest BCUT2D eigenvalue weighted by Gasteiger charge is 2.16. The van der Waals surface area contributed by atoms with Crippen molar-refractivity contribution in [1.29, 1.82) is 0 Å². The monoisotopic (exact) mass is 290 g/mol. The van der Waals surface area contributed by atoms with E-state index >= 15 is 0 Å². The number of pyridine rings is 1. The van der Waals surface area contributed by atoms with Crippen LogP contribution in [0.4, 0.5) is 0 Å². The van der Waals surface area contributed by atoms with Crippen molar-refractivity contribution in [3.8, 4) is 11.5 Å². The van der Waals surface area contributed by atoms with Gasteiger partial charge in [-0.05, 0) is 24.1 Å². The number of thioether (sulfide) groups is 1. The number of nitrogens with zero attached hydrogens (tertiary/aromatic N) is 1. The Hall–Kier alpha value is -1.95. The third-order valence-corrected chi connectivity index (χ3v) is 4.14. The van der Waals surface area contributed by atoms with Crippen LogP contribution in [0.1, 0.15) is 12.5 Å². The van der Waals surface area contributed by atoms with Gasteiger partial charge in [-0.1, -0.05) is 18.7 Å². The summed E-state index contributed by atoms with van der Waals surface area (Å²) in [5.74, 6) is 1.35. The van der Waals surface area contributed by atoms with E-state index in [1.807, 2.05) is 12.1 Å². The van der Waals surface area contributed by atoms with E-state index in [-0.39, 0.29) is 18.5 Å². The Morgan fingerprint density at radius 1 is 1.35 bits per heavy atom. The summed E-state index contributed by atoms with van der Waals surface area (Å²) >= 11 is 1.37. The molecule has 1 aliphatic rings. The van der Waals surface area contributed by atoms with Crippen LogP contribution in [0.15, 0.2) is 23.2 Å². The summed E-state index contributed by atoms with van der Waals surface area (Å²) in [5, 5.41) is 1.85. The molecule has 0 saturated carbocycles. The Labute approximate surface area is 120 Å². The first-order valence-electron chi connectivity index (χ1n) is 6.31. The maximum Gasteiger partial charge on any atom is 0.231 e. The molecule has 0 spiro atoms. The molecule has 0 bridgehead atoms. The topological polar surface area (TPSA) is 74.4 Å². The van der Waals surface area contributed by atoms with Crippen molar-refractivity contribution in [1.82, 2.24) is 4.98 Å². The maximum absolute atomic E-state index is 10.9. The van der Waals surface area contributed by atoms with Gasteiger partial charge in [0.15, 0.2) is 11.5 Å². The second kappa shape index (κ2) is 5.20. The number of carbonyl (C=O) groups is 1. The van der Waals surface area contributed by atoms with Crippen LogP contribution in [0.25, 0.3) is 10.9 Å². The van der Waals surface area contributed by atoms with Crippen LogP contribution in [-0.2, 0) is 11.2 Å². The van der Waals surface area contributed by atoms with Gasteiger partial charge in [0, 0.05) is 11.5 Å². The van der Waals surface area contributed by atoms with Gasteiger partial charge in [0.1, 0.15) is 5.03 Å². The minimum Gasteiger partial charge on any atom is -0.454 e. The average molecular weight is 290 g/mol. The number of primary amides is 1. The number of benzene rings is 1. The molecule has 2 N–H and O–H groups in total. The molecule has 104 valence electrons. The second-order valence-corrected chi connectivity index (χ2v) is 5.42. The second-order valence-electron chi connectivity index (χ2n) is 4.46. The molecule has 2 aromatic rings. The van der Waals surface area contributed by atoms with Gasteiger partial charge in [0.05, 0.1) is 11.3 Å². The normalized spacial score (nSPS) is 12.8. The van der Waals surface area contributed by atoms with Crippen LogP contribution < -0.4 is 15.2 Å². The zero-order valence-corrected chi connectivity index (χ0v) is 11.8. The van der Waals surface area contributed by atoms with E-state index in [1.165, 1.54) is 11.8 Å². The van der Waals surface area contributed by atoms with Crippen LogP contribution >= 0.6 is 11.8 Å². The fraction of sp³-hybridized carbons (Fsp3) is 0.286. The highest BCUT2D eigenvalue weighted by atomic mass is 32.2. The van der Waals surface area contributed by atoms with Crippen molar-refractivity contribution in [2.45, 2.75) is 18.4 Å². The number of ether oxygens (including phenoxy) is 2. The van der Waals surface area contributed by atoms with Crippen LogP contribution in [0.2, 0.25) is 0 Å². The number of rotatable bonds is 4. The minimum atomic E-state index is -0.343. The lowest BCUT2D eigenvalue weighted by Gasteiger charge is -2.08. The molecular weight excluding hydrogens is 276 g/mol. The number of aromatic nitrogens is 1. The molecule has 3 rings (SSSR count). The Morgan fingerprint density at radius 2 is 2.10 bits per heavy atom. The number of amides is 1. The lowest BCUT2D eigenvalue weighted by molar-refractivity contribution is -0.115. The fourth-order valence-corrected chi connectivity index (χ4v) is 2.94. The smallest absolute Gasteiger partial charge is 0.231 e. The van der Waals surface area contributed by atoms with Gasteiger partial charge in [-0.3, -0.25) is 4.79 Å². The number of hydrogen-bond acceptors (Lipinski definition) is 5. The van der Waals surface area contributed by atoms with E-state index in [0.717, 1.165) is 33.7 Å². The Bertz CT molecular complexity index is 688. The molecular formula is C14H14N2O3S. The third-order valence-electron chi connectivity index (χ3n) is 3.08. The molecule has 2 heterocycles. The van der Waals surface area contributed by atoms with Crippen molar-refractivity contribution in [3.63, 3.8) is 0 Å². The van der Waals surface area contributed by atoms with Gasteiger partial charge >= 0.3 is 0 Å². The van der Waals surface area contributed by atoms with Gasteiger partial charge < -0.3 is 15.2 Å². The average Bonchev–Trinajstić information content (AvgIpc) is 2.88. The Kier molecular flexibility index (Phi) is 3.40. The molecule has 0 aliphatic carbocycles. The largest absolute Gasteiger partial charge is 0.454 e. The summed E-state index contributed by atoms with van der Waals surface area (Å²) in [6, 6.07) is 5.88. The van der Waals surface area contributed by atoms with Gasteiger partial charge in [-0.25, -0.2) is 4.98 Å². The number of hydrogen-bond donors (Lipinski definition) is 1. The molecule has 0 atom stereocenters. The number of nitrogens with two attached hydrogens (primary N) is 1. The van der Waals surface area contributed by atoms with E-state index in [2.05, 4.69) is 18.0 Å². The van der Waals surface area contributed by atoms with Crippen LogP contribution in [-0.4, -0.2) is 23.4 Å². The molecule has 0 saturated heterocycles. The van der Waals surface area contributed by atoms with E-state index < -0.39 is 0 Å². The third kappa shape index (κ3) is 2.38. The molecule has 0 fully saturated rings.